The van der Waals surface area contributed by atoms with Crippen molar-refractivity contribution in [3.8, 4) is 0 Å². The van der Waals surface area contributed by atoms with E-state index >= 15 is 0 Å². The summed E-state index contributed by atoms with van der Waals surface area (Å²) in [5.74, 6) is 1.36. The summed E-state index contributed by atoms with van der Waals surface area (Å²) in [5, 5.41) is 3.41. The van der Waals surface area contributed by atoms with Crippen LogP contribution in [0.4, 0.5) is 0 Å². The molecule has 0 aromatic heterocycles. The molecule has 4 unspecified atom stereocenters. The van der Waals surface area contributed by atoms with Crippen LogP contribution in [0.25, 0.3) is 0 Å². The van der Waals surface area contributed by atoms with Crippen molar-refractivity contribution in [2.75, 3.05) is 12.3 Å². The molecule has 112 valence electrons. The van der Waals surface area contributed by atoms with Crippen molar-refractivity contribution in [1.29, 1.82) is 0 Å². The van der Waals surface area contributed by atoms with Gasteiger partial charge in [-0.05, 0) is 50.5 Å². The summed E-state index contributed by atoms with van der Waals surface area (Å²) in [5.41, 5.74) is 0. The molecule has 0 spiro atoms. The summed E-state index contributed by atoms with van der Waals surface area (Å²) in [4.78, 5) is 0. The molecule has 1 saturated heterocycles. The summed E-state index contributed by atoms with van der Waals surface area (Å²) in [6, 6.07) is 0.546. The van der Waals surface area contributed by atoms with Crippen molar-refractivity contribution < 1.29 is 8.42 Å². The molecule has 0 radical (unpaired) electrons. The fourth-order valence-electron chi connectivity index (χ4n) is 3.29. The van der Waals surface area contributed by atoms with Crippen LogP contribution in [0.2, 0.25) is 0 Å². The number of rotatable bonds is 5. The Balaban J connectivity index is 1.78. The largest absolute Gasteiger partial charge is 0.314 e. The van der Waals surface area contributed by atoms with E-state index in [2.05, 4.69) is 23.9 Å². The standard InChI is InChI=1S/C14H28N2O2S/c1-11-6-7-14(12(11)2)16-19(17,18)10-8-13-5-3-4-9-15-13/h11-16H,3-10H2,1-2H3. The predicted octanol–water partition coefficient (Wildman–Crippen LogP) is 1.87. The molecule has 4 atom stereocenters. The highest BCUT2D eigenvalue weighted by Crippen LogP contribution is 2.31. The van der Waals surface area contributed by atoms with Gasteiger partial charge >= 0.3 is 0 Å². The van der Waals surface area contributed by atoms with Crippen LogP contribution in [-0.4, -0.2) is 32.8 Å². The third-order valence-corrected chi connectivity index (χ3v) is 6.38. The molecule has 0 bridgehead atoms. The summed E-state index contributed by atoms with van der Waals surface area (Å²) < 4.78 is 27.2. The normalized spacial score (nSPS) is 36.5. The molecule has 2 fully saturated rings. The second-order valence-corrected chi connectivity index (χ2v) is 8.27. The van der Waals surface area contributed by atoms with E-state index in [4.69, 9.17) is 0 Å². The van der Waals surface area contributed by atoms with E-state index in [1.165, 1.54) is 12.8 Å². The predicted molar refractivity (Wildman–Crippen MR) is 78.5 cm³/mol. The summed E-state index contributed by atoms with van der Waals surface area (Å²) in [6.45, 7) is 5.41. The lowest BCUT2D eigenvalue weighted by Crippen LogP contribution is -2.41. The Morgan fingerprint density at radius 3 is 2.53 bits per heavy atom. The zero-order valence-corrected chi connectivity index (χ0v) is 13.0. The van der Waals surface area contributed by atoms with Crippen molar-refractivity contribution in [2.24, 2.45) is 11.8 Å². The van der Waals surface area contributed by atoms with Crippen molar-refractivity contribution >= 4 is 10.0 Å². The van der Waals surface area contributed by atoms with Gasteiger partial charge in [-0.15, -0.1) is 0 Å². The van der Waals surface area contributed by atoms with E-state index in [1.807, 2.05) is 0 Å². The molecule has 0 aromatic carbocycles. The topological polar surface area (TPSA) is 58.2 Å². The van der Waals surface area contributed by atoms with Gasteiger partial charge in [0.1, 0.15) is 0 Å². The summed E-state index contributed by atoms with van der Waals surface area (Å²) >= 11 is 0. The first-order valence-electron chi connectivity index (χ1n) is 7.71. The van der Waals surface area contributed by atoms with Crippen LogP contribution < -0.4 is 10.0 Å². The SMILES string of the molecule is CC1CCC(NS(=O)(=O)CCC2CCCCN2)C1C. The average molecular weight is 288 g/mol. The first-order chi connectivity index (χ1) is 8.98. The first kappa shape index (κ1) is 15.3. The highest BCUT2D eigenvalue weighted by Gasteiger charge is 2.32. The molecule has 4 nitrogen and oxygen atoms in total. The molecule has 0 amide bonds. The molecule has 5 heteroatoms. The van der Waals surface area contributed by atoms with Crippen LogP contribution >= 0.6 is 0 Å². The van der Waals surface area contributed by atoms with Crippen molar-refractivity contribution in [3.05, 3.63) is 0 Å². The smallest absolute Gasteiger partial charge is 0.211 e. The molecule has 19 heavy (non-hydrogen) atoms. The van der Waals surface area contributed by atoms with Gasteiger partial charge in [0.15, 0.2) is 0 Å². The van der Waals surface area contributed by atoms with Gasteiger partial charge in [0.05, 0.1) is 5.75 Å². The zero-order valence-electron chi connectivity index (χ0n) is 12.2. The van der Waals surface area contributed by atoms with Crippen LogP contribution in [-0.2, 0) is 10.0 Å². The molecule has 1 aliphatic heterocycles. The second-order valence-electron chi connectivity index (χ2n) is 6.39. The number of sulfonamides is 1. The maximum atomic E-state index is 12.1. The molecule has 2 aliphatic rings. The number of hydrogen-bond acceptors (Lipinski definition) is 3. The van der Waals surface area contributed by atoms with Crippen LogP contribution in [0.5, 0.6) is 0 Å². The van der Waals surface area contributed by atoms with Crippen molar-refractivity contribution in [2.45, 2.75) is 64.5 Å². The monoisotopic (exact) mass is 288 g/mol. The van der Waals surface area contributed by atoms with E-state index < -0.39 is 10.0 Å². The lowest BCUT2D eigenvalue weighted by Gasteiger charge is -2.24. The fourth-order valence-corrected chi connectivity index (χ4v) is 4.79. The fraction of sp³-hybridized carbons (Fsp3) is 1.00. The van der Waals surface area contributed by atoms with Gasteiger partial charge in [0, 0.05) is 12.1 Å². The maximum absolute atomic E-state index is 12.1. The molecule has 2 N–H and O–H groups in total. The van der Waals surface area contributed by atoms with Gasteiger partial charge in [0.25, 0.3) is 0 Å². The Morgan fingerprint density at radius 1 is 1.16 bits per heavy atom. The van der Waals surface area contributed by atoms with E-state index in [1.54, 1.807) is 0 Å². The molecule has 1 aliphatic carbocycles. The second kappa shape index (κ2) is 6.55. The Morgan fingerprint density at radius 2 is 1.95 bits per heavy atom. The van der Waals surface area contributed by atoms with Crippen molar-refractivity contribution in [1.82, 2.24) is 10.0 Å². The minimum absolute atomic E-state index is 0.152. The lowest BCUT2D eigenvalue weighted by atomic mass is 9.98. The Bertz CT molecular complexity index is 377. The van der Waals surface area contributed by atoms with Crippen LogP contribution in [0.1, 0.15) is 52.4 Å². The van der Waals surface area contributed by atoms with Crippen molar-refractivity contribution in [3.63, 3.8) is 0 Å². The first-order valence-corrected chi connectivity index (χ1v) is 9.36. The van der Waals surface area contributed by atoms with Gasteiger partial charge in [-0.25, -0.2) is 13.1 Å². The Hall–Kier alpha value is -0.130. The average Bonchev–Trinajstić information content (AvgIpc) is 2.69. The van der Waals surface area contributed by atoms with Crippen LogP contribution in [0, 0.1) is 11.8 Å². The molecule has 1 heterocycles. The quantitative estimate of drug-likeness (QED) is 0.812. The van der Waals surface area contributed by atoms with Crippen LogP contribution in [0.15, 0.2) is 0 Å². The highest BCUT2D eigenvalue weighted by atomic mass is 32.2. The zero-order chi connectivity index (χ0) is 13.9. The Kier molecular flexibility index (Phi) is 5.26. The van der Waals surface area contributed by atoms with Gasteiger partial charge < -0.3 is 5.32 Å². The molecular formula is C14H28N2O2S. The molecule has 2 rings (SSSR count). The third kappa shape index (κ3) is 4.43. The number of nitrogens with one attached hydrogen (secondary N) is 2. The highest BCUT2D eigenvalue weighted by molar-refractivity contribution is 7.89. The van der Waals surface area contributed by atoms with E-state index in [9.17, 15) is 8.42 Å². The Labute approximate surface area is 117 Å². The minimum atomic E-state index is -3.11. The van der Waals surface area contributed by atoms with Gasteiger partial charge in [-0.3, -0.25) is 0 Å². The number of piperidine rings is 1. The molecule has 1 saturated carbocycles. The van der Waals surface area contributed by atoms with E-state index in [-0.39, 0.29) is 11.8 Å². The molecule has 0 aromatic rings. The maximum Gasteiger partial charge on any atom is 0.211 e. The van der Waals surface area contributed by atoms with Crippen LogP contribution in [0.3, 0.4) is 0 Å². The number of hydrogen-bond donors (Lipinski definition) is 2. The molecular weight excluding hydrogens is 260 g/mol. The van der Waals surface area contributed by atoms with E-state index in [0.29, 0.717) is 17.9 Å². The third-order valence-electron chi connectivity index (χ3n) is 4.94. The van der Waals surface area contributed by atoms with Gasteiger partial charge in [-0.2, -0.15) is 0 Å². The van der Waals surface area contributed by atoms with Gasteiger partial charge in [-0.1, -0.05) is 20.3 Å². The summed E-state index contributed by atoms with van der Waals surface area (Å²) in [6.07, 6.45) is 6.43. The summed E-state index contributed by atoms with van der Waals surface area (Å²) in [7, 11) is -3.11. The minimum Gasteiger partial charge on any atom is -0.314 e. The lowest BCUT2D eigenvalue weighted by molar-refractivity contribution is 0.387. The van der Waals surface area contributed by atoms with E-state index in [0.717, 1.165) is 32.2 Å². The van der Waals surface area contributed by atoms with Gasteiger partial charge in [0.2, 0.25) is 10.0 Å².